The van der Waals surface area contributed by atoms with Crippen LogP contribution in [0.2, 0.25) is 0 Å². The summed E-state index contributed by atoms with van der Waals surface area (Å²) in [4.78, 5) is 10.2. The van der Waals surface area contributed by atoms with Crippen LogP contribution in [0.5, 0.6) is 5.75 Å². The molecule has 0 aliphatic heterocycles. The SMILES string of the molecule is COCCC(C)Nc1ccc([N+](=O)[O-])cc1OC. The van der Waals surface area contributed by atoms with Gasteiger partial charge in [-0.05, 0) is 19.4 Å². The first-order valence-corrected chi connectivity index (χ1v) is 5.66. The number of rotatable bonds is 7. The van der Waals surface area contributed by atoms with Gasteiger partial charge in [0.1, 0.15) is 5.75 Å². The highest BCUT2D eigenvalue weighted by molar-refractivity contribution is 5.61. The average Bonchev–Trinajstić information content (AvgIpc) is 2.36. The molecule has 1 rings (SSSR count). The molecule has 1 unspecified atom stereocenters. The summed E-state index contributed by atoms with van der Waals surface area (Å²) in [5.74, 6) is 0.466. The minimum absolute atomic E-state index is 0.0157. The number of anilines is 1. The van der Waals surface area contributed by atoms with Gasteiger partial charge in [-0.25, -0.2) is 0 Å². The lowest BCUT2D eigenvalue weighted by Gasteiger charge is -2.16. The van der Waals surface area contributed by atoms with Crippen LogP contribution in [0.15, 0.2) is 18.2 Å². The molecule has 0 amide bonds. The van der Waals surface area contributed by atoms with Crippen molar-refractivity contribution >= 4 is 11.4 Å². The van der Waals surface area contributed by atoms with E-state index >= 15 is 0 Å². The van der Waals surface area contributed by atoms with Crippen molar-refractivity contribution in [2.45, 2.75) is 19.4 Å². The quantitative estimate of drug-likeness (QED) is 0.597. The highest BCUT2D eigenvalue weighted by Crippen LogP contribution is 2.29. The van der Waals surface area contributed by atoms with Gasteiger partial charge >= 0.3 is 0 Å². The number of hydrogen-bond acceptors (Lipinski definition) is 5. The van der Waals surface area contributed by atoms with Gasteiger partial charge in [0.2, 0.25) is 0 Å². The van der Waals surface area contributed by atoms with Crippen LogP contribution < -0.4 is 10.1 Å². The Morgan fingerprint density at radius 2 is 2.17 bits per heavy atom. The monoisotopic (exact) mass is 254 g/mol. The molecule has 1 aromatic rings. The number of ether oxygens (including phenoxy) is 2. The Bertz CT molecular complexity index is 409. The van der Waals surface area contributed by atoms with Crippen molar-refractivity contribution in [1.82, 2.24) is 0 Å². The van der Waals surface area contributed by atoms with Gasteiger partial charge in [0.15, 0.2) is 0 Å². The Hall–Kier alpha value is -1.82. The molecule has 0 aliphatic carbocycles. The number of non-ortho nitro benzene ring substituents is 1. The molecule has 100 valence electrons. The molecule has 0 fully saturated rings. The molecule has 1 aromatic carbocycles. The molecule has 0 saturated carbocycles. The maximum atomic E-state index is 10.7. The molecule has 0 heterocycles. The third kappa shape index (κ3) is 3.89. The zero-order chi connectivity index (χ0) is 13.5. The molecule has 0 aromatic heterocycles. The molecule has 0 radical (unpaired) electrons. The van der Waals surface area contributed by atoms with Crippen molar-refractivity contribution in [3.8, 4) is 5.75 Å². The number of benzene rings is 1. The summed E-state index contributed by atoms with van der Waals surface area (Å²) in [5.41, 5.74) is 0.758. The lowest BCUT2D eigenvalue weighted by atomic mass is 10.2. The van der Waals surface area contributed by atoms with Crippen LogP contribution in [0.25, 0.3) is 0 Å². The van der Waals surface area contributed by atoms with Crippen molar-refractivity contribution < 1.29 is 14.4 Å². The van der Waals surface area contributed by atoms with Gasteiger partial charge in [0, 0.05) is 25.8 Å². The number of hydrogen-bond donors (Lipinski definition) is 1. The first kappa shape index (κ1) is 14.2. The zero-order valence-corrected chi connectivity index (χ0v) is 10.8. The fourth-order valence-corrected chi connectivity index (χ4v) is 1.54. The average molecular weight is 254 g/mol. The smallest absolute Gasteiger partial charge is 0.273 e. The van der Waals surface area contributed by atoms with Crippen LogP contribution in [-0.2, 0) is 4.74 Å². The minimum atomic E-state index is -0.444. The Morgan fingerprint density at radius 3 is 2.72 bits per heavy atom. The van der Waals surface area contributed by atoms with Gasteiger partial charge in [-0.2, -0.15) is 0 Å². The van der Waals surface area contributed by atoms with E-state index in [9.17, 15) is 10.1 Å². The summed E-state index contributed by atoms with van der Waals surface area (Å²) >= 11 is 0. The molecular weight excluding hydrogens is 236 g/mol. The molecule has 0 bridgehead atoms. The zero-order valence-electron chi connectivity index (χ0n) is 10.8. The largest absolute Gasteiger partial charge is 0.494 e. The van der Waals surface area contributed by atoms with E-state index in [0.717, 1.165) is 12.1 Å². The van der Waals surface area contributed by atoms with Crippen molar-refractivity contribution in [2.75, 3.05) is 26.1 Å². The molecular formula is C12H18N2O4. The van der Waals surface area contributed by atoms with Gasteiger partial charge in [0.05, 0.1) is 23.8 Å². The van der Waals surface area contributed by atoms with Crippen LogP contribution in [0.1, 0.15) is 13.3 Å². The van der Waals surface area contributed by atoms with Crippen LogP contribution in [0.3, 0.4) is 0 Å². The predicted octanol–water partition coefficient (Wildman–Crippen LogP) is 2.44. The maximum Gasteiger partial charge on any atom is 0.273 e. The van der Waals surface area contributed by atoms with E-state index in [0.29, 0.717) is 12.4 Å². The van der Waals surface area contributed by atoms with Gasteiger partial charge in [0.25, 0.3) is 5.69 Å². The fourth-order valence-electron chi connectivity index (χ4n) is 1.54. The van der Waals surface area contributed by atoms with Crippen LogP contribution in [0, 0.1) is 10.1 Å². The van der Waals surface area contributed by atoms with Crippen molar-refractivity contribution in [3.05, 3.63) is 28.3 Å². The number of methoxy groups -OCH3 is 2. The Labute approximate surface area is 106 Å². The van der Waals surface area contributed by atoms with Gasteiger partial charge in [-0.3, -0.25) is 10.1 Å². The number of nitrogens with zero attached hydrogens (tertiary/aromatic N) is 1. The lowest BCUT2D eigenvalue weighted by molar-refractivity contribution is -0.384. The van der Waals surface area contributed by atoms with E-state index < -0.39 is 4.92 Å². The number of nitro groups is 1. The normalized spacial score (nSPS) is 11.9. The van der Waals surface area contributed by atoms with E-state index in [1.165, 1.54) is 19.2 Å². The number of nitrogens with one attached hydrogen (secondary N) is 1. The summed E-state index contributed by atoms with van der Waals surface area (Å²) < 4.78 is 10.1. The molecule has 0 spiro atoms. The Morgan fingerprint density at radius 1 is 1.44 bits per heavy atom. The maximum absolute atomic E-state index is 10.7. The first-order chi connectivity index (χ1) is 8.58. The van der Waals surface area contributed by atoms with Crippen LogP contribution in [-0.4, -0.2) is 31.8 Å². The Balaban J connectivity index is 2.79. The standard InChI is InChI=1S/C12H18N2O4/c1-9(6-7-17-2)13-11-5-4-10(14(15)16)8-12(11)18-3/h4-5,8-9,13H,6-7H2,1-3H3. The second kappa shape index (κ2) is 6.80. The third-order valence-electron chi connectivity index (χ3n) is 2.55. The first-order valence-electron chi connectivity index (χ1n) is 5.66. The van der Waals surface area contributed by atoms with Crippen molar-refractivity contribution in [3.63, 3.8) is 0 Å². The fraction of sp³-hybridized carbons (Fsp3) is 0.500. The van der Waals surface area contributed by atoms with E-state index in [1.807, 2.05) is 6.92 Å². The topological polar surface area (TPSA) is 73.6 Å². The highest BCUT2D eigenvalue weighted by Gasteiger charge is 2.12. The molecule has 6 heteroatoms. The summed E-state index contributed by atoms with van der Waals surface area (Å²) in [7, 11) is 3.14. The molecule has 18 heavy (non-hydrogen) atoms. The van der Waals surface area contributed by atoms with Crippen molar-refractivity contribution in [2.24, 2.45) is 0 Å². The summed E-state index contributed by atoms with van der Waals surface area (Å²) in [6, 6.07) is 4.71. The Kier molecular flexibility index (Phi) is 5.38. The molecule has 1 N–H and O–H groups in total. The second-order valence-electron chi connectivity index (χ2n) is 3.97. The van der Waals surface area contributed by atoms with Gasteiger partial charge in [-0.15, -0.1) is 0 Å². The molecule has 6 nitrogen and oxygen atoms in total. The van der Waals surface area contributed by atoms with Gasteiger partial charge in [-0.1, -0.05) is 0 Å². The van der Waals surface area contributed by atoms with E-state index in [-0.39, 0.29) is 11.7 Å². The minimum Gasteiger partial charge on any atom is -0.494 e. The third-order valence-corrected chi connectivity index (χ3v) is 2.55. The lowest BCUT2D eigenvalue weighted by Crippen LogP contribution is -2.17. The molecule has 0 aliphatic rings. The van der Waals surface area contributed by atoms with E-state index in [2.05, 4.69) is 5.32 Å². The van der Waals surface area contributed by atoms with Crippen LogP contribution >= 0.6 is 0 Å². The number of nitro benzene ring substituents is 1. The van der Waals surface area contributed by atoms with Crippen molar-refractivity contribution in [1.29, 1.82) is 0 Å². The van der Waals surface area contributed by atoms with Crippen LogP contribution in [0.4, 0.5) is 11.4 Å². The molecule has 0 saturated heterocycles. The van der Waals surface area contributed by atoms with E-state index in [1.54, 1.807) is 13.2 Å². The summed E-state index contributed by atoms with van der Waals surface area (Å²) in [5, 5.41) is 13.9. The highest BCUT2D eigenvalue weighted by atomic mass is 16.6. The summed E-state index contributed by atoms with van der Waals surface area (Å²) in [6.45, 7) is 2.67. The van der Waals surface area contributed by atoms with E-state index in [4.69, 9.17) is 9.47 Å². The van der Waals surface area contributed by atoms with Gasteiger partial charge < -0.3 is 14.8 Å². The second-order valence-corrected chi connectivity index (χ2v) is 3.97. The molecule has 1 atom stereocenters. The summed E-state index contributed by atoms with van der Waals surface area (Å²) in [6.07, 6.45) is 0.844. The predicted molar refractivity (Wildman–Crippen MR) is 69.2 cm³/mol.